The fourth-order valence-electron chi connectivity index (χ4n) is 1.77. The molecule has 100 valence electrons. The summed E-state index contributed by atoms with van der Waals surface area (Å²) in [6.45, 7) is 6.00. The molecule has 0 aliphatic rings. The van der Waals surface area contributed by atoms with Crippen LogP contribution in [0.3, 0.4) is 0 Å². The quantitative estimate of drug-likeness (QED) is 0.875. The summed E-state index contributed by atoms with van der Waals surface area (Å²) in [5.41, 5.74) is 1.42. The molecule has 5 nitrogen and oxygen atoms in total. The number of aryl methyl sites for hydroxylation is 1. The van der Waals surface area contributed by atoms with Gasteiger partial charge in [0, 0.05) is 6.54 Å². The second-order valence-corrected chi connectivity index (χ2v) is 5.52. The summed E-state index contributed by atoms with van der Waals surface area (Å²) in [7, 11) is 0. The van der Waals surface area contributed by atoms with Gasteiger partial charge in [-0.05, 0) is 26.3 Å². The third kappa shape index (κ3) is 2.44. The molecule has 0 radical (unpaired) electrons. The molecule has 0 aliphatic carbocycles. The number of thiophene rings is 1. The molecule has 0 aliphatic heterocycles. The van der Waals surface area contributed by atoms with Gasteiger partial charge in [-0.25, -0.2) is 9.78 Å². The monoisotopic (exact) mass is 278 g/mol. The molecule has 2 rings (SSSR count). The SMILES string of the molecule is CC(C)=CCn1cnc2sc(C(=O)O)c(C)c2c1=O. The van der Waals surface area contributed by atoms with Gasteiger partial charge >= 0.3 is 5.97 Å². The van der Waals surface area contributed by atoms with E-state index in [-0.39, 0.29) is 10.4 Å². The zero-order valence-electron chi connectivity index (χ0n) is 10.9. The highest BCUT2D eigenvalue weighted by Gasteiger charge is 2.18. The Bertz CT molecular complexity index is 736. The molecule has 0 amide bonds. The average molecular weight is 278 g/mol. The number of rotatable bonds is 3. The molecule has 0 unspecified atom stereocenters. The van der Waals surface area contributed by atoms with Crippen LogP contribution >= 0.6 is 11.3 Å². The van der Waals surface area contributed by atoms with Crippen LogP contribution in [0.15, 0.2) is 22.8 Å². The van der Waals surface area contributed by atoms with Crippen LogP contribution in [0.2, 0.25) is 0 Å². The Kier molecular flexibility index (Phi) is 3.53. The van der Waals surface area contributed by atoms with E-state index < -0.39 is 5.97 Å². The normalized spacial score (nSPS) is 10.7. The van der Waals surface area contributed by atoms with E-state index in [2.05, 4.69) is 4.98 Å². The highest BCUT2D eigenvalue weighted by Crippen LogP contribution is 2.26. The summed E-state index contributed by atoms with van der Waals surface area (Å²) in [6.07, 6.45) is 3.39. The lowest BCUT2D eigenvalue weighted by Gasteiger charge is -2.02. The van der Waals surface area contributed by atoms with Gasteiger partial charge in [-0.15, -0.1) is 11.3 Å². The molecule has 0 atom stereocenters. The summed E-state index contributed by atoms with van der Waals surface area (Å²) in [4.78, 5) is 28.2. The Morgan fingerprint density at radius 2 is 2.21 bits per heavy atom. The Balaban J connectivity index is 2.64. The Morgan fingerprint density at radius 3 is 2.79 bits per heavy atom. The number of nitrogens with zero attached hydrogens (tertiary/aromatic N) is 2. The Morgan fingerprint density at radius 1 is 1.53 bits per heavy atom. The lowest BCUT2D eigenvalue weighted by Crippen LogP contribution is -2.20. The number of hydrogen-bond acceptors (Lipinski definition) is 4. The van der Waals surface area contributed by atoms with Crippen molar-refractivity contribution in [2.45, 2.75) is 27.3 Å². The lowest BCUT2D eigenvalue weighted by atomic mass is 10.2. The largest absolute Gasteiger partial charge is 0.477 e. The molecule has 0 aromatic carbocycles. The van der Waals surface area contributed by atoms with E-state index in [1.54, 1.807) is 6.92 Å². The van der Waals surface area contributed by atoms with Crippen LogP contribution in [0, 0.1) is 6.92 Å². The van der Waals surface area contributed by atoms with Gasteiger partial charge in [-0.2, -0.15) is 0 Å². The minimum atomic E-state index is -1.02. The first-order valence-corrected chi connectivity index (χ1v) is 6.58. The number of hydrogen-bond donors (Lipinski definition) is 1. The number of carboxylic acids is 1. The maximum absolute atomic E-state index is 12.3. The molecule has 2 aromatic heterocycles. The van der Waals surface area contributed by atoms with Gasteiger partial charge in [-0.3, -0.25) is 9.36 Å². The maximum Gasteiger partial charge on any atom is 0.346 e. The maximum atomic E-state index is 12.3. The van der Waals surface area contributed by atoms with E-state index in [4.69, 9.17) is 5.11 Å². The highest BCUT2D eigenvalue weighted by atomic mass is 32.1. The predicted molar refractivity (Wildman–Crippen MR) is 75.0 cm³/mol. The second-order valence-electron chi connectivity index (χ2n) is 4.53. The molecule has 2 aromatic rings. The van der Waals surface area contributed by atoms with E-state index in [1.165, 1.54) is 10.9 Å². The minimum Gasteiger partial charge on any atom is -0.477 e. The van der Waals surface area contributed by atoms with Crippen molar-refractivity contribution in [1.29, 1.82) is 0 Å². The van der Waals surface area contributed by atoms with Gasteiger partial charge in [0.2, 0.25) is 0 Å². The number of allylic oxidation sites excluding steroid dienone is 2. The topological polar surface area (TPSA) is 72.2 Å². The first kappa shape index (κ1) is 13.5. The van der Waals surface area contributed by atoms with Crippen LogP contribution in [-0.2, 0) is 6.54 Å². The van der Waals surface area contributed by atoms with Crippen molar-refractivity contribution >= 4 is 27.5 Å². The van der Waals surface area contributed by atoms with E-state index >= 15 is 0 Å². The van der Waals surface area contributed by atoms with Gasteiger partial charge in [0.15, 0.2) is 0 Å². The van der Waals surface area contributed by atoms with Crippen molar-refractivity contribution in [1.82, 2.24) is 9.55 Å². The van der Waals surface area contributed by atoms with E-state index in [1.807, 2.05) is 19.9 Å². The fraction of sp³-hybridized carbons (Fsp3) is 0.308. The van der Waals surface area contributed by atoms with Crippen molar-refractivity contribution in [3.8, 4) is 0 Å². The molecule has 0 saturated carbocycles. The van der Waals surface area contributed by atoms with Crippen molar-refractivity contribution in [3.05, 3.63) is 38.8 Å². The van der Waals surface area contributed by atoms with E-state index in [9.17, 15) is 9.59 Å². The van der Waals surface area contributed by atoms with Crippen molar-refractivity contribution < 1.29 is 9.90 Å². The van der Waals surface area contributed by atoms with Crippen LogP contribution in [-0.4, -0.2) is 20.6 Å². The summed E-state index contributed by atoms with van der Waals surface area (Å²) in [5.74, 6) is -1.02. The van der Waals surface area contributed by atoms with Gasteiger partial charge in [0.25, 0.3) is 5.56 Å². The summed E-state index contributed by atoms with van der Waals surface area (Å²) in [6, 6.07) is 0. The Labute approximate surface area is 113 Å². The molecule has 0 bridgehead atoms. The van der Waals surface area contributed by atoms with Crippen LogP contribution in [0.5, 0.6) is 0 Å². The smallest absolute Gasteiger partial charge is 0.346 e. The van der Waals surface area contributed by atoms with Crippen molar-refractivity contribution in [3.63, 3.8) is 0 Å². The molecular formula is C13H14N2O3S. The van der Waals surface area contributed by atoms with Gasteiger partial charge in [-0.1, -0.05) is 11.6 Å². The van der Waals surface area contributed by atoms with Crippen molar-refractivity contribution in [2.75, 3.05) is 0 Å². The van der Waals surface area contributed by atoms with Gasteiger partial charge < -0.3 is 5.11 Å². The summed E-state index contributed by atoms with van der Waals surface area (Å²) >= 11 is 1.04. The minimum absolute atomic E-state index is 0.180. The first-order valence-electron chi connectivity index (χ1n) is 5.77. The molecule has 0 fully saturated rings. The molecule has 19 heavy (non-hydrogen) atoms. The number of aromatic carboxylic acids is 1. The molecule has 2 heterocycles. The number of carbonyl (C=O) groups is 1. The fourth-order valence-corrected chi connectivity index (χ4v) is 2.75. The molecule has 0 spiro atoms. The third-order valence-electron chi connectivity index (χ3n) is 2.81. The highest BCUT2D eigenvalue weighted by molar-refractivity contribution is 7.20. The van der Waals surface area contributed by atoms with E-state index in [0.717, 1.165) is 16.9 Å². The molecular weight excluding hydrogens is 264 g/mol. The molecule has 6 heteroatoms. The zero-order chi connectivity index (χ0) is 14.2. The number of carboxylic acid groups (broad SMARTS) is 1. The zero-order valence-corrected chi connectivity index (χ0v) is 11.7. The average Bonchev–Trinajstić information content (AvgIpc) is 2.66. The molecule has 1 N–H and O–H groups in total. The standard InChI is InChI=1S/C13H14N2O3S/c1-7(2)4-5-15-6-14-11-9(12(15)16)8(3)10(19-11)13(17)18/h4,6H,5H2,1-3H3,(H,17,18). The van der Waals surface area contributed by atoms with Crippen LogP contribution in [0.25, 0.3) is 10.2 Å². The Hall–Kier alpha value is -1.95. The van der Waals surface area contributed by atoms with Crippen LogP contribution in [0.4, 0.5) is 0 Å². The van der Waals surface area contributed by atoms with Gasteiger partial charge in [0.05, 0.1) is 11.7 Å². The molecule has 0 saturated heterocycles. The van der Waals surface area contributed by atoms with Crippen LogP contribution in [0.1, 0.15) is 29.1 Å². The van der Waals surface area contributed by atoms with Crippen molar-refractivity contribution in [2.24, 2.45) is 0 Å². The third-order valence-corrected chi connectivity index (χ3v) is 4.00. The second kappa shape index (κ2) is 4.97. The number of aromatic nitrogens is 2. The van der Waals surface area contributed by atoms with E-state index in [0.29, 0.717) is 22.3 Å². The van der Waals surface area contributed by atoms with Crippen LogP contribution < -0.4 is 5.56 Å². The van der Waals surface area contributed by atoms with Gasteiger partial charge in [0.1, 0.15) is 9.71 Å². The predicted octanol–water partition coefficient (Wildman–Crippen LogP) is 2.43. The lowest BCUT2D eigenvalue weighted by molar-refractivity contribution is 0.0701. The summed E-state index contributed by atoms with van der Waals surface area (Å²) < 4.78 is 1.49. The summed E-state index contributed by atoms with van der Waals surface area (Å²) in [5, 5.41) is 9.48. The number of fused-ring (bicyclic) bond motifs is 1. The first-order chi connectivity index (χ1) is 8.91.